The van der Waals surface area contributed by atoms with Crippen molar-refractivity contribution in [2.45, 2.75) is 64.8 Å². The summed E-state index contributed by atoms with van der Waals surface area (Å²) in [5.41, 5.74) is 5.86. The molecule has 3 rings (SSSR count). The summed E-state index contributed by atoms with van der Waals surface area (Å²) in [7, 11) is 1.95. The smallest absolute Gasteiger partial charge is 0.160 e. The van der Waals surface area contributed by atoms with E-state index in [1.807, 2.05) is 13.1 Å². The molecule has 1 fully saturated rings. The number of anilines is 1. The van der Waals surface area contributed by atoms with Crippen LogP contribution in [0, 0.1) is 12.8 Å². The number of carbonyl (C=O) groups excluding carboxylic acids is 1. The molecule has 0 bridgehead atoms. The summed E-state index contributed by atoms with van der Waals surface area (Å²) in [4.78, 5) is 12.8. The van der Waals surface area contributed by atoms with Crippen LogP contribution in [0.2, 0.25) is 0 Å². The van der Waals surface area contributed by atoms with E-state index in [-0.39, 0.29) is 11.5 Å². The van der Waals surface area contributed by atoms with E-state index in [4.69, 9.17) is 0 Å². The second-order valence-corrected chi connectivity index (χ2v) is 8.06. The lowest BCUT2D eigenvalue weighted by molar-refractivity contribution is -0.119. The molecule has 2 aliphatic rings. The predicted molar refractivity (Wildman–Crippen MR) is 101 cm³/mol. The molecule has 0 amide bonds. The molecular formula is C21H30N2O. The van der Waals surface area contributed by atoms with Gasteiger partial charge in [-0.3, -0.25) is 4.79 Å². The second kappa shape index (κ2) is 6.62. The predicted octanol–water partition coefficient (Wildman–Crippen LogP) is 4.45. The number of ketones is 1. The van der Waals surface area contributed by atoms with Crippen LogP contribution in [0.1, 0.15) is 62.6 Å². The van der Waals surface area contributed by atoms with Gasteiger partial charge in [-0.2, -0.15) is 0 Å². The molecule has 1 aromatic rings. The maximum Gasteiger partial charge on any atom is 0.160 e. The molecular weight excluding hydrogens is 296 g/mol. The van der Waals surface area contributed by atoms with Gasteiger partial charge in [0.15, 0.2) is 5.78 Å². The van der Waals surface area contributed by atoms with Crippen LogP contribution in [0.3, 0.4) is 0 Å². The highest BCUT2D eigenvalue weighted by molar-refractivity contribution is 5.99. The minimum absolute atomic E-state index is 0.0285. The second-order valence-electron chi connectivity index (χ2n) is 8.06. The number of rotatable bonds is 3. The van der Waals surface area contributed by atoms with E-state index in [0.717, 1.165) is 30.6 Å². The fourth-order valence-electron chi connectivity index (χ4n) is 4.15. The fourth-order valence-corrected chi connectivity index (χ4v) is 4.15. The van der Waals surface area contributed by atoms with Crippen LogP contribution < -0.4 is 10.6 Å². The monoisotopic (exact) mass is 326 g/mol. The summed E-state index contributed by atoms with van der Waals surface area (Å²) in [6.45, 7) is 6.55. The van der Waals surface area contributed by atoms with Crippen LogP contribution >= 0.6 is 0 Å². The molecule has 2 N–H and O–H groups in total. The fraction of sp³-hybridized carbons (Fsp3) is 0.571. The van der Waals surface area contributed by atoms with Crippen molar-refractivity contribution >= 4 is 17.2 Å². The SMILES string of the molecule is CNc1cc2c(cc1C)CC(C)(C)N/C2=C\C(=O)C1CCCCC1. The highest BCUT2D eigenvalue weighted by Crippen LogP contribution is 2.34. The van der Waals surface area contributed by atoms with Gasteiger partial charge in [0.1, 0.15) is 0 Å². The highest BCUT2D eigenvalue weighted by atomic mass is 16.1. The van der Waals surface area contributed by atoms with Crippen LogP contribution in [0.15, 0.2) is 18.2 Å². The van der Waals surface area contributed by atoms with E-state index >= 15 is 0 Å². The quantitative estimate of drug-likeness (QED) is 0.806. The van der Waals surface area contributed by atoms with Gasteiger partial charge in [-0.25, -0.2) is 0 Å². The van der Waals surface area contributed by atoms with Gasteiger partial charge >= 0.3 is 0 Å². The first-order valence-corrected chi connectivity index (χ1v) is 9.25. The van der Waals surface area contributed by atoms with Crippen molar-refractivity contribution in [1.82, 2.24) is 5.32 Å². The minimum atomic E-state index is -0.0285. The van der Waals surface area contributed by atoms with Gasteiger partial charge in [0, 0.05) is 41.5 Å². The summed E-state index contributed by atoms with van der Waals surface area (Å²) >= 11 is 0. The Morgan fingerprint density at radius 1 is 1.25 bits per heavy atom. The van der Waals surface area contributed by atoms with Gasteiger partial charge in [0.05, 0.1) is 0 Å². The van der Waals surface area contributed by atoms with Gasteiger partial charge < -0.3 is 10.6 Å². The van der Waals surface area contributed by atoms with Gasteiger partial charge in [0.25, 0.3) is 0 Å². The van der Waals surface area contributed by atoms with Crippen LogP contribution in [0.25, 0.3) is 5.70 Å². The number of nitrogens with one attached hydrogen (secondary N) is 2. The number of fused-ring (bicyclic) bond motifs is 1. The average Bonchev–Trinajstić information content (AvgIpc) is 2.54. The summed E-state index contributed by atoms with van der Waals surface area (Å²) in [6, 6.07) is 4.45. The molecule has 0 radical (unpaired) electrons. The van der Waals surface area contributed by atoms with Crippen LogP contribution in [0.5, 0.6) is 0 Å². The van der Waals surface area contributed by atoms with E-state index < -0.39 is 0 Å². The lowest BCUT2D eigenvalue weighted by atomic mass is 9.82. The van der Waals surface area contributed by atoms with Gasteiger partial charge in [-0.05, 0) is 57.2 Å². The Hall–Kier alpha value is -1.77. The molecule has 0 atom stereocenters. The van der Waals surface area contributed by atoms with E-state index in [2.05, 4.69) is 43.5 Å². The van der Waals surface area contributed by atoms with Crippen molar-refractivity contribution in [2.24, 2.45) is 5.92 Å². The molecule has 3 heteroatoms. The highest BCUT2D eigenvalue weighted by Gasteiger charge is 2.29. The zero-order valence-corrected chi connectivity index (χ0v) is 15.5. The lowest BCUT2D eigenvalue weighted by Gasteiger charge is -2.36. The lowest BCUT2D eigenvalue weighted by Crippen LogP contribution is -2.44. The normalized spacial score (nSPS) is 21.9. The molecule has 1 saturated carbocycles. The molecule has 0 unspecified atom stereocenters. The molecule has 0 saturated heterocycles. The maximum absolute atomic E-state index is 12.8. The van der Waals surface area contributed by atoms with E-state index in [1.165, 1.54) is 36.0 Å². The molecule has 3 nitrogen and oxygen atoms in total. The van der Waals surface area contributed by atoms with Gasteiger partial charge in [0.2, 0.25) is 0 Å². The summed E-state index contributed by atoms with van der Waals surface area (Å²) in [5, 5.41) is 6.87. The molecule has 0 aromatic heterocycles. The maximum atomic E-state index is 12.8. The van der Waals surface area contributed by atoms with Gasteiger partial charge in [-0.15, -0.1) is 0 Å². The summed E-state index contributed by atoms with van der Waals surface area (Å²) in [6.07, 6.45) is 8.62. The number of allylic oxidation sites excluding steroid dienone is 1. The summed E-state index contributed by atoms with van der Waals surface area (Å²) < 4.78 is 0. The van der Waals surface area contributed by atoms with Crippen LogP contribution in [0.4, 0.5) is 5.69 Å². The molecule has 24 heavy (non-hydrogen) atoms. The number of carbonyl (C=O) groups is 1. The molecule has 0 spiro atoms. The third-order valence-corrected chi connectivity index (χ3v) is 5.41. The first-order chi connectivity index (χ1) is 11.4. The number of aryl methyl sites for hydroxylation is 1. The van der Waals surface area contributed by atoms with Gasteiger partial charge in [-0.1, -0.05) is 25.3 Å². The Morgan fingerprint density at radius 2 is 1.96 bits per heavy atom. The average molecular weight is 326 g/mol. The molecule has 130 valence electrons. The molecule has 1 aliphatic heterocycles. The van der Waals surface area contributed by atoms with E-state index in [1.54, 1.807) is 0 Å². The van der Waals surface area contributed by atoms with Crippen LogP contribution in [-0.2, 0) is 11.2 Å². The third kappa shape index (κ3) is 3.50. The number of hydrogen-bond donors (Lipinski definition) is 2. The Balaban J connectivity index is 1.98. The van der Waals surface area contributed by atoms with Crippen molar-refractivity contribution < 1.29 is 4.79 Å². The Bertz CT molecular complexity index is 667. The van der Waals surface area contributed by atoms with Crippen molar-refractivity contribution in [3.8, 4) is 0 Å². The Labute approximate surface area is 145 Å². The topological polar surface area (TPSA) is 41.1 Å². The first-order valence-electron chi connectivity index (χ1n) is 9.25. The Morgan fingerprint density at radius 3 is 2.62 bits per heavy atom. The largest absolute Gasteiger partial charge is 0.388 e. The molecule has 1 aromatic carbocycles. The van der Waals surface area contributed by atoms with Crippen molar-refractivity contribution in [2.75, 3.05) is 12.4 Å². The van der Waals surface area contributed by atoms with Crippen molar-refractivity contribution in [3.05, 3.63) is 34.9 Å². The molecule has 1 aliphatic carbocycles. The zero-order valence-electron chi connectivity index (χ0n) is 15.5. The Kier molecular flexibility index (Phi) is 4.71. The number of benzene rings is 1. The molecule has 1 heterocycles. The van der Waals surface area contributed by atoms with Crippen molar-refractivity contribution in [1.29, 1.82) is 0 Å². The van der Waals surface area contributed by atoms with Crippen LogP contribution in [-0.4, -0.2) is 18.4 Å². The number of hydrogen-bond acceptors (Lipinski definition) is 3. The van der Waals surface area contributed by atoms with E-state index in [9.17, 15) is 4.79 Å². The standard InChI is InChI=1S/C21H30N2O/c1-14-10-16-13-21(2,3)23-19(17(16)11-18(14)22-4)12-20(24)15-8-6-5-7-9-15/h10-12,15,22-23H,5-9,13H2,1-4H3/b19-12-. The van der Waals surface area contributed by atoms with Crippen molar-refractivity contribution in [3.63, 3.8) is 0 Å². The minimum Gasteiger partial charge on any atom is -0.388 e. The van der Waals surface area contributed by atoms with E-state index in [0.29, 0.717) is 5.78 Å². The first kappa shape index (κ1) is 17.1. The third-order valence-electron chi connectivity index (χ3n) is 5.41. The zero-order chi connectivity index (χ0) is 17.3. The summed E-state index contributed by atoms with van der Waals surface area (Å²) in [5.74, 6) is 0.517.